The van der Waals surface area contributed by atoms with E-state index in [9.17, 15) is 27.6 Å². The normalized spacial score (nSPS) is 19.8. The number of hydrogen-bond donors (Lipinski definition) is 2. The lowest BCUT2D eigenvalue weighted by Crippen LogP contribution is -2.30. The number of carbonyl (C=O) groups excluding carboxylic acids is 3. The Labute approximate surface area is 254 Å². The van der Waals surface area contributed by atoms with E-state index < -0.39 is 29.7 Å². The van der Waals surface area contributed by atoms with Gasteiger partial charge in [0.2, 0.25) is 11.8 Å². The number of alkyl halides is 3. The Morgan fingerprint density at radius 2 is 1.89 bits per heavy atom. The molecule has 232 valence electrons. The first-order valence-electron chi connectivity index (χ1n) is 14.5. The first kappa shape index (κ1) is 28.7. The van der Waals surface area contributed by atoms with Gasteiger partial charge >= 0.3 is 12.2 Å². The first-order chi connectivity index (χ1) is 21.4. The summed E-state index contributed by atoms with van der Waals surface area (Å²) in [7, 11) is 1.43. The standard InChI is InChI=1S/C30H28F3N9O3/c1-15-5-6-34-26(36-15)20-10-21(20)28(44)39-24-9-18(8-23(38-24)30(31,32)33)35-11-19-13-41-12-17(16-3-4-16)7-22(27(41)37-19)42-14-25(43)40(2)29(42)45/h5-9,12-13,16,20-21H,3-4,10-11,14H2,1-2H3,(H2,35,38,39,44)/t20-,21-/m0/s1. The number of nitrogens with one attached hydrogen (secondary N) is 2. The van der Waals surface area contributed by atoms with E-state index in [0.29, 0.717) is 35.2 Å². The topological polar surface area (TPSA) is 138 Å². The van der Waals surface area contributed by atoms with Crippen LogP contribution in [0.15, 0.2) is 42.9 Å². The van der Waals surface area contributed by atoms with Crippen molar-refractivity contribution in [2.24, 2.45) is 5.92 Å². The molecule has 2 saturated carbocycles. The summed E-state index contributed by atoms with van der Waals surface area (Å²) in [6.07, 6.45) is 3.05. The molecule has 3 fully saturated rings. The number of anilines is 3. The van der Waals surface area contributed by atoms with Crippen molar-refractivity contribution in [2.75, 3.05) is 29.1 Å². The highest BCUT2D eigenvalue weighted by Crippen LogP contribution is 2.46. The molecule has 45 heavy (non-hydrogen) atoms. The van der Waals surface area contributed by atoms with Gasteiger partial charge in [-0.3, -0.25) is 19.4 Å². The van der Waals surface area contributed by atoms with E-state index in [2.05, 4.69) is 30.6 Å². The summed E-state index contributed by atoms with van der Waals surface area (Å²) in [5.41, 5.74) is 2.13. The molecule has 0 bridgehead atoms. The molecule has 1 aliphatic heterocycles. The van der Waals surface area contributed by atoms with Gasteiger partial charge in [-0.05, 0) is 55.9 Å². The average Bonchev–Trinajstić information content (AvgIpc) is 3.92. The molecular weight excluding hydrogens is 591 g/mol. The van der Waals surface area contributed by atoms with Crippen molar-refractivity contribution in [3.05, 3.63) is 71.3 Å². The zero-order chi connectivity index (χ0) is 31.6. The van der Waals surface area contributed by atoms with Crippen molar-refractivity contribution in [2.45, 2.75) is 50.7 Å². The van der Waals surface area contributed by atoms with E-state index in [0.717, 1.165) is 35.1 Å². The molecule has 12 nitrogen and oxygen atoms in total. The number of pyridine rings is 2. The fourth-order valence-electron chi connectivity index (χ4n) is 5.53. The SMILES string of the molecule is Cc1ccnc([C@H]2C[C@@H]2C(=O)Nc2cc(NCc3cn4cc(C5CC5)cc(N5CC(=O)N(C)C5=O)c4n3)cc(C(F)(F)F)n2)n1. The second kappa shape index (κ2) is 10.5. The molecule has 0 unspecified atom stereocenters. The third-order valence-corrected chi connectivity index (χ3v) is 8.24. The van der Waals surface area contributed by atoms with Crippen LogP contribution < -0.4 is 15.5 Å². The van der Waals surface area contributed by atoms with E-state index in [1.54, 1.807) is 22.9 Å². The summed E-state index contributed by atoms with van der Waals surface area (Å²) < 4.78 is 43.1. The molecule has 4 aromatic rings. The van der Waals surface area contributed by atoms with Gasteiger partial charge < -0.3 is 15.0 Å². The number of aromatic nitrogens is 5. The highest BCUT2D eigenvalue weighted by atomic mass is 19.4. The number of imidazole rings is 1. The van der Waals surface area contributed by atoms with Gasteiger partial charge in [0.25, 0.3) is 0 Å². The van der Waals surface area contributed by atoms with Gasteiger partial charge in [-0.2, -0.15) is 13.2 Å². The van der Waals surface area contributed by atoms with Crippen LogP contribution in [0.2, 0.25) is 0 Å². The van der Waals surface area contributed by atoms with Crippen molar-refractivity contribution in [1.82, 2.24) is 29.2 Å². The number of carbonyl (C=O) groups is 3. The molecule has 0 radical (unpaired) electrons. The minimum Gasteiger partial charge on any atom is -0.379 e. The lowest BCUT2D eigenvalue weighted by atomic mass is 10.1. The van der Waals surface area contributed by atoms with Crippen LogP contribution in [0.4, 0.5) is 35.2 Å². The van der Waals surface area contributed by atoms with Crippen molar-refractivity contribution in [3.8, 4) is 0 Å². The first-order valence-corrected chi connectivity index (χ1v) is 14.5. The number of likely N-dealkylation sites (N-methyl/N-ethyl adjacent to an activating group) is 1. The second-order valence-electron chi connectivity index (χ2n) is 11.7. The number of imide groups is 1. The third kappa shape index (κ3) is 5.65. The summed E-state index contributed by atoms with van der Waals surface area (Å²) in [6, 6.07) is 5.38. The van der Waals surface area contributed by atoms with Crippen LogP contribution in [0.25, 0.3) is 5.65 Å². The van der Waals surface area contributed by atoms with Crippen LogP contribution in [0.5, 0.6) is 0 Å². The number of urea groups is 1. The van der Waals surface area contributed by atoms with Gasteiger partial charge in [-0.15, -0.1) is 0 Å². The van der Waals surface area contributed by atoms with Crippen LogP contribution in [0.1, 0.15) is 59.6 Å². The number of amides is 4. The maximum Gasteiger partial charge on any atom is 0.433 e. The summed E-state index contributed by atoms with van der Waals surface area (Å²) in [4.78, 5) is 57.2. The molecule has 4 aromatic heterocycles. The van der Waals surface area contributed by atoms with Crippen molar-refractivity contribution in [3.63, 3.8) is 0 Å². The van der Waals surface area contributed by atoms with Crippen LogP contribution in [0, 0.1) is 12.8 Å². The van der Waals surface area contributed by atoms with E-state index >= 15 is 0 Å². The minimum absolute atomic E-state index is 0.0384. The average molecular weight is 620 g/mol. The smallest absolute Gasteiger partial charge is 0.379 e. The maximum atomic E-state index is 13.8. The van der Waals surface area contributed by atoms with E-state index in [4.69, 9.17) is 0 Å². The summed E-state index contributed by atoms with van der Waals surface area (Å²) in [5, 5.41) is 5.49. The van der Waals surface area contributed by atoms with E-state index in [1.807, 2.05) is 19.2 Å². The van der Waals surface area contributed by atoms with Gasteiger partial charge in [0.05, 0.1) is 17.9 Å². The predicted molar refractivity (Wildman–Crippen MR) is 155 cm³/mol. The zero-order valence-corrected chi connectivity index (χ0v) is 24.3. The fourth-order valence-corrected chi connectivity index (χ4v) is 5.53. The van der Waals surface area contributed by atoms with Gasteiger partial charge in [0.15, 0.2) is 5.65 Å². The minimum atomic E-state index is -4.75. The van der Waals surface area contributed by atoms with E-state index in [-0.39, 0.29) is 36.4 Å². The Bertz CT molecular complexity index is 1870. The molecule has 3 aliphatic rings. The molecule has 0 spiro atoms. The molecule has 2 atom stereocenters. The molecule has 2 aliphatic carbocycles. The molecule has 5 heterocycles. The van der Waals surface area contributed by atoms with Crippen LogP contribution in [-0.4, -0.2) is 60.7 Å². The zero-order valence-electron chi connectivity index (χ0n) is 24.3. The number of fused-ring (bicyclic) bond motifs is 1. The Morgan fingerprint density at radius 3 is 2.58 bits per heavy atom. The molecule has 0 aromatic carbocycles. The fraction of sp³-hybridized carbons (Fsp3) is 0.367. The number of nitrogens with zero attached hydrogens (tertiary/aromatic N) is 7. The largest absolute Gasteiger partial charge is 0.433 e. The molecule has 15 heteroatoms. The molecule has 1 saturated heterocycles. The van der Waals surface area contributed by atoms with Crippen LogP contribution >= 0.6 is 0 Å². The molecule has 7 rings (SSSR count). The summed E-state index contributed by atoms with van der Waals surface area (Å²) >= 11 is 0. The summed E-state index contributed by atoms with van der Waals surface area (Å²) in [6.45, 7) is 1.75. The Morgan fingerprint density at radius 1 is 1.09 bits per heavy atom. The number of rotatable bonds is 8. The number of hydrogen-bond acceptors (Lipinski definition) is 8. The molecular formula is C30H28F3N9O3. The summed E-state index contributed by atoms with van der Waals surface area (Å²) in [5.74, 6) is -0.812. The lowest BCUT2D eigenvalue weighted by molar-refractivity contribution is -0.141. The number of aryl methyl sites for hydroxylation is 1. The van der Waals surface area contributed by atoms with Crippen molar-refractivity contribution >= 4 is 40.7 Å². The second-order valence-corrected chi connectivity index (χ2v) is 11.7. The highest BCUT2D eigenvalue weighted by molar-refractivity contribution is 6.13. The van der Waals surface area contributed by atoms with Gasteiger partial charge in [0, 0.05) is 54.9 Å². The van der Waals surface area contributed by atoms with Crippen LogP contribution in [0.3, 0.4) is 0 Å². The Kier molecular flexibility index (Phi) is 6.71. The maximum absolute atomic E-state index is 13.8. The van der Waals surface area contributed by atoms with Crippen LogP contribution in [-0.2, 0) is 22.3 Å². The predicted octanol–water partition coefficient (Wildman–Crippen LogP) is 4.48. The number of halogens is 3. The Balaban J connectivity index is 1.12. The lowest BCUT2D eigenvalue weighted by Gasteiger charge is -2.17. The quantitative estimate of drug-likeness (QED) is 0.276. The van der Waals surface area contributed by atoms with Gasteiger partial charge in [-0.25, -0.2) is 24.7 Å². The molecule has 2 N–H and O–H groups in total. The monoisotopic (exact) mass is 619 g/mol. The third-order valence-electron chi connectivity index (χ3n) is 8.24. The Hall–Kier alpha value is -5.08. The van der Waals surface area contributed by atoms with Gasteiger partial charge in [-0.1, -0.05) is 0 Å². The van der Waals surface area contributed by atoms with Crippen molar-refractivity contribution in [1.29, 1.82) is 0 Å². The highest BCUT2D eigenvalue weighted by Gasteiger charge is 2.46. The van der Waals surface area contributed by atoms with Crippen molar-refractivity contribution < 1.29 is 27.6 Å². The van der Waals surface area contributed by atoms with E-state index in [1.165, 1.54) is 18.0 Å². The van der Waals surface area contributed by atoms with Gasteiger partial charge in [0.1, 0.15) is 23.9 Å². The molecule has 4 amide bonds.